The van der Waals surface area contributed by atoms with Gasteiger partial charge in [-0.3, -0.25) is 4.79 Å². The standard InChI is InChI=1S/C5H5O/c1-2-3-4-5-6/h1-5H. The Morgan fingerprint density at radius 1 is 1.33 bits per heavy atom. The average Bonchev–Trinajstić information content (AvgIpc) is 1.61. The molecule has 0 spiro atoms. The molecule has 0 unspecified atom stereocenters. The van der Waals surface area contributed by atoms with Crippen LogP contribution < -0.4 is 0 Å². The zero-order chi connectivity index (χ0) is 4.83. The van der Waals surface area contributed by atoms with Crippen LogP contribution in [0.5, 0.6) is 0 Å². The van der Waals surface area contributed by atoms with E-state index in [9.17, 15) is 4.79 Å². The van der Waals surface area contributed by atoms with Gasteiger partial charge in [-0.25, -0.2) is 0 Å². The Hall–Kier alpha value is -0.850. The summed E-state index contributed by atoms with van der Waals surface area (Å²) in [7, 11) is 0. The van der Waals surface area contributed by atoms with Gasteiger partial charge in [0.2, 0.25) is 0 Å². The summed E-state index contributed by atoms with van der Waals surface area (Å²) >= 11 is 0. The van der Waals surface area contributed by atoms with Crippen molar-refractivity contribution in [1.29, 1.82) is 0 Å². The van der Waals surface area contributed by atoms with Crippen LogP contribution in [0.15, 0.2) is 18.2 Å². The van der Waals surface area contributed by atoms with Crippen molar-refractivity contribution in [3.63, 3.8) is 0 Å². The fourth-order valence-corrected chi connectivity index (χ4v) is 0.110. The van der Waals surface area contributed by atoms with Crippen molar-refractivity contribution < 1.29 is 4.79 Å². The Bertz CT molecular complexity index is 62.0. The number of allylic oxidation sites excluding steroid dienone is 3. The van der Waals surface area contributed by atoms with E-state index in [1.54, 1.807) is 0 Å². The normalized spacial score (nSPS) is 8.67. The predicted octanol–water partition coefficient (Wildman–Crippen LogP) is 0.731. The van der Waals surface area contributed by atoms with Crippen molar-refractivity contribution in [2.24, 2.45) is 0 Å². The number of aldehydes is 1. The van der Waals surface area contributed by atoms with Gasteiger partial charge in [0.1, 0.15) is 6.29 Å². The van der Waals surface area contributed by atoms with Gasteiger partial charge in [0.25, 0.3) is 0 Å². The molecule has 0 heterocycles. The number of rotatable bonds is 2. The minimum Gasteiger partial charge on any atom is -0.299 e. The van der Waals surface area contributed by atoms with Crippen molar-refractivity contribution in [2.45, 2.75) is 0 Å². The highest BCUT2D eigenvalue weighted by Crippen LogP contribution is 1.62. The Labute approximate surface area is 37.0 Å². The van der Waals surface area contributed by atoms with Gasteiger partial charge in [-0.1, -0.05) is 18.7 Å². The van der Waals surface area contributed by atoms with Gasteiger partial charge < -0.3 is 0 Å². The van der Waals surface area contributed by atoms with Crippen LogP contribution in [-0.2, 0) is 4.79 Å². The first-order valence-corrected chi connectivity index (χ1v) is 1.57. The molecule has 0 N–H and O–H groups in total. The Balaban J connectivity index is 3.17. The molecule has 0 aromatic heterocycles. The van der Waals surface area contributed by atoms with E-state index in [0.29, 0.717) is 6.29 Å². The summed E-state index contributed by atoms with van der Waals surface area (Å²) in [5.74, 6) is 0. The summed E-state index contributed by atoms with van der Waals surface area (Å²) < 4.78 is 0. The quantitative estimate of drug-likeness (QED) is 0.272. The number of hydrogen-bond donors (Lipinski definition) is 0. The first-order chi connectivity index (χ1) is 2.91. The lowest BCUT2D eigenvalue weighted by atomic mass is 10.5. The van der Waals surface area contributed by atoms with Gasteiger partial charge in [0, 0.05) is 0 Å². The first kappa shape index (κ1) is 5.15. The third-order valence-corrected chi connectivity index (χ3v) is 0.301. The molecule has 1 radical (unpaired) electrons. The van der Waals surface area contributed by atoms with Crippen LogP contribution in [-0.4, -0.2) is 6.29 Å². The minimum atomic E-state index is 0.670. The molecule has 0 atom stereocenters. The van der Waals surface area contributed by atoms with Crippen LogP contribution in [0, 0.1) is 6.58 Å². The second-order valence-corrected chi connectivity index (χ2v) is 0.713. The maximum atomic E-state index is 9.40. The Morgan fingerprint density at radius 2 is 2.00 bits per heavy atom. The van der Waals surface area contributed by atoms with E-state index in [4.69, 9.17) is 6.58 Å². The topological polar surface area (TPSA) is 17.1 Å². The van der Waals surface area contributed by atoms with Crippen molar-refractivity contribution in [1.82, 2.24) is 0 Å². The summed E-state index contributed by atoms with van der Waals surface area (Å²) in [5.41, 5.74) is 0. The van der Waals surface area contributed by atoms with Crippen molar-refractivity contribution in [2.75, 3.05) is 0 Å². The molecule has 0 rings (SSSR count). The zero-order valence-electron chi connectivity index (χ0n) is 3.29. The summed E-state index contributed by atoms with van der Waals surface area (Å²) in [6.45, 7) is 4.84. The third-order valence-electron chi connectivity index (χ3n) is 0.301. The van der Waals surface area contributed by atoms with Gasteiger partial charge >= 0.3 is 0 Å². The van der Waals surface area contributed by atoms with Gasteiger partial charge in [0.05, 0.1) is 0 Å². The van der Waals surface area contributed by atoms with E-state index in [1.165, 1.54) is 18.2 Å². The summed E-state index contributed by atoms with van der Waals surface area (Å²) in [6.07, 6.45) is 4.75. The Kier molecular flexibility index (Phi) is 3.56. The molecule has 1 heteroatoms. The second-order valence-electron chi connectivity index (χ2n) is 0.713. The highest BCUT2D eigenvalue weighted by atomic mass is 16.1. The van der Waals surface area contributed by atoms with E-state index in [1.807, 2.05) is 0 Å². The molecule has 0 bridgehead atoms. The highest BCUT2D eigenvalue weighted by Gasteiger charge is 1.52. The fourth-order valence-electron chi connectivity index (χ4n) is 0.110. The molecule has 0 aliphatic heterocycles. The highest BCUT2D eigenvalue weighted by molar-refractivity contribution is 5.65. The summed E-state index contributed by atoms with van der Waals surface area (Å²) in [4.78, 5) is 9.40. The molecular formula is C5H5O. The molecule has 0 saturated carbocycles. The SMILES string of the molecule is [CH]=CC=CC=O. The van der Waals surface area contributed by atoms with Crippen LogP contribution >= 0.6 is 0 Å². The van der Waals surface area contributed by atoms with E-state index >= 15 is 0 Å². The fraction of sp³-hybridized carbons (Fsp3) is 0. The van der Waals surface area contributed by atoms with E-state index < -0.39 is 0 Å². The summed E-state index contributed by atoms with van der Waals surface area (Å²) in [6, 6.07) is 0. The maximum Gasteiger partial charge on any atom is 0.142 e. The van der Waals surface area contributed by atoms with Crippen molar-refractivity contribution in [3.05, 3.63) is 24.8 Å². The molecular weight excluding hydrogens is 76.1 g/mol. The van der Waals surface area contributed by atoms with E-state index in [2.05, 4.69) is 0 Å². The number of carbonyl (C=O) groups excluding carboxylic acids is 1. The molecule has 0 aromatic carbocycles. The van der Waals surface area contributed by atoms with Crippen LogP contribution in [0.4, 0.5) is 0 Å². The zero-order valence-corrected chi connectivity index (χ0v) is 3.29. The van der Waals surface area contributed by atoms with E-state index in [0.717, 1.165) is 0 Å². The summed E-state index contributed by atoms with van der Waals surface area (Å²) in [5, 5.41) is 0. The largest absolute Gasteiger partial charge is 0.299 e. The number of hydrogen-bond acceptors (Lipinski definition) is 1. The molecule has 0 saturated heterocycles. The van der Waals surface area contributed by atoms with Gasteiger partial charge in [0.15, 0.2) is 0 Å². The lowest BCUT2D eigenvalue weighted by molar-refractivity contribution is -0.104. The predicted molar refractivity (Wildman–Crippen MR) is 24.1 cm³/mol. The lowest BCUT2D eigenvalue weighted by Gasteiger charge is -1.56. The molecule has 6 heavy (non-hydrogen) atoms. The molecule has 0 amide bonds. The molecule has 0 fully saturated rings. The van der Waals surface area contributed by atoms with Gasteiger partial charge in [-0.15, -0.1) is 0 Å². The van der Waals surface area contributed by atoms with Crippen LogP contribution in [0.1, 0.15) is 0 Å². The van der Waals surface area contributed by atoms with Gasteiger partial charge in [-0.2, -0.15) is 0 Å². The molecule has 0 aliphatic carbocycles. The molecule has 0 aromatic rings. The average molecular weight is 81.1 g/mol. The van der Waals surface area contributed by atoms with Crippen LogP contribution in [0.3, 0.4) is 0 Å². The molecule has 31 valence electrons. The third kappa shape index (κ3) is 3.15. The smallest absolute Gasteiger partial charge is 0.142 e. The minimum absolute atomic E-state index is 0.670. The van der Waals surface area contributed by atoms with Crippen molar-refractivity contribution >= 4 is 6.29 Å². The Morgan fingerprint density at radius 3 is 2.17 bits per heavy atom. The lowest BCUT2D eigenvalue weighted by Crippen LogP contribution is -1.52. The monoisotopic (exact) mass is 81.0 g/mol. The van der Waals surface area contributed by atoms with Crippen molar-refractivity contribution in [3.8, 4) is 0 Å². The first-order valence-electron chi connectivity index (χ1n) is 1.57. The number of carbonyl (C=O) groups is 1. The second kappa shape index (κ2) is 4.15. The van der Waals surface area contributed by atoms with E-state index in [-0.39, 0.29) is 0 Å². The van der Waals surface area contributed by atoms with Gasteiger partial charge in [-0.05, 0) is 6.08 Å². The maximum absolute atomic E-state index is 9.40. The van der Waals surface area contributed by atoms with Crippen LogP contribution in [0.2, 0.25) is 0 Å². The molecule has 0 aliphatic rings. The van der Waals surface area contributed by atoms with Crippen LogP contribution in [0.25, 0.3) is 0 Å². The molecule has 1 nitrogen and oxygen atoms in total.